The van der Waals surface area contributed by atoms with Crippen LogP contribution in [0.5, 0.6) is 0 Å². The Hall–Kier alpha value is -1.24. The highest BCUT2D eigenvalue weighted by Gasteiger charge is 2.20. The smallest absolute Gasteiger partial charge is 0.338 e. The molecule has 0 atom stereocenters. The minimum Gasteiger partial charge on any atom is -0.462 e. The molecule has 0 aliphatic carbocycles. The molecule has 0 aliphatic heterocycles. The summed E-state index contributed by atoms with van der Waals surface area (Å²) in [6, 6.07) is 1.01. The van der Waals surface area contributed by atoms with Gasteiger partial charge in [-0.1, -0.05) is 15.9 Å². The number of hydrogen-bond donors (Lipinski definition) is 1. The zero-order chi connectivity index (χ0) is 13.0. The largest absolute Gasteiger partial charge is 0.462 e. The number of rotatable bonds is 4. The van der Waals surface area contributed by atoms with Gasteiger partial charge in [0.2, 0.25) is 0 Å². The van der Waals surface area contributed by atoms with Crippen molar-refractivity contribution in [2.45, 2.75) is 18.7 Å². The van der Waals surface area contributed by atoms with Crippen molar-refractivity contribution < 1.29 is 18.3 Å². The molecule has 0 amide bonds. The van der Waals surface area contributed by atoms with E-state index in [0.29, 0.717) is 5.56 Å². The van der Waals surface area contributed by atoms with E-state index in [4.69, 9.17) is 10.5 Å². The lowest BCUT2D eigenvalue weighted by molar-refractivity contribution is 0.0524. The van der Waals surface area contributed by atoms with Gasteiger partial charge in [0, 0.05) is 10.9 Å². The van der Waals surface area contributed by atoms with E-state index < -0.39 is 18.1 Å². The first-order chi connectivity index (χ1) is 8.01. The molecule has 2 N–H and O–H groups in total. The summed E-state index contributed by atoms with van der Waals surface area (Å²) < 4.78 is 29.8. The Bertz CT molecular complexity index is 427. The summed E-state index contributed by atoms with van der Waals surface area (Å²) in [6.07, 6.45) is -2.78. The van der Waals surface area contributed by atoms with Crippen molar-refractivity contribution in [3.05, 3.63) is 22.9 Å². The molecule has 0 saturated heterocycles. The van der Waals surface area contributed by atoms with Crippen LogP contribution in [0.25, 0.3) is 0 Å². The monoisotopic (exact) mass is 308 g/mol. The number of nitrogens with zero attached hydrogens (tertiary/aromatic N) is 1. The maximum Gasteiger partial charge on any atom is 0.338 e. The lowest BCUT2D eigenvalue weighted by Gasteiger charge is -2.11. The van der Waals surface area contributed by atoms with E-state index in [1.807, 2.05) is 0 Å². The van der Waals surface area contributed by atoms with Crippen LogP contribution in [0.4, 0.5) is 14.6 Å². The number of pyridine rings is 1. The molecule has 7 heteroatoms. The second kappa shape index (κ2) is 5.90. The number of ether oxygens (including phenoxy) is 1. The fourth-order valence-electron chi connectivity index (χ4n) is 1.26. The number of alkyl halides is 3. The number of hydrogen-bond acceptors (Lipinski definition) is 4. The molecule has 0 fully saturated rings. The molecule has 0 saturated carbocycles. The number of aromatic nitrogens is 1. The number of nitrogen functional groups attached to an aromatic ring is 1. The summed E-state index contributed by atoms with van der Waals surface area (Å²) in [6.45, 7) is 1.79. The quantitative estimate of drug-likeness (QED) is 0.686. The summed E-state index contributed by atoms with van der Waals surface area (Å²) in [7, 11) is 0. The molecule has 1 aromatic rings. The van der Waals surface area contributed by atoms with Crippen molar-refractivity contribution in [1.29, 1.82) is 0 Å². The third kappa shape index (κ3) is 3.12. The molecule has 17 heavy (non-hydrogen) atoms. The highest BCUT2D eigenvalue weighted by Crippen LogP contribution is 2.25. The molecule has 4 nitrogen and oxygen atoms in total. The lowest BCUT2D eigenvalue weighted by Crippen LogP contribution is -2.12. The van der Waals surface area contributed by atoms with Crippen LogP contribution in [0.2, 0.25) is 0 Å². The van der Waals surface area contributed by atoms with Gasteiger partial charge in [-0.2, -0.15) is 0 Å². The van der Waals surface area contributed by atoms with Gasteiger partial charge >= 0.3 is 5.97 Å². The topological polar surface area (TPSA) is 65.2 Å². The number of carbonyl (C=O) groups is 1. The molecular weight excluding hydrogens is 298 g/mol. The minimum atomic E-state index is -2.78. The number of carbonyl (C=O) groups excluding carboxylic acids is 1. The zero-order valence-corrected chi connectivity index (χ0v) is 10.6. The fraction of sp³-hybridized carbons (Fsp3) is 0.400. The van der Waals surface area contributed by atoms with Gasteiger partial charge in [-0.3, -0.25) is 0 Å². The van der Waals surface area contributed by atoms with Gasteiger partial charge in [-0.25, -0.2) is 18.6 Å². The molecule has 0 radical (unpaired) electrons. The van der Waals surface area contributed by atoms with E-state index in [-0.39, 0.29) is 23.3 Å². The minimum absolute atomic E-state index is 0.0199. The Morgan fingerprint density at radius 1 is 1.65 bits per heavy atom. The molecule has 1 aromatic heterocycles. The van der Waals surface area contributed by atoms with Gasteiger partial charge in [0.25, 0.3) is 6.43 Å². The summed E-state index contributed by atoms with van der Waals surface area (Å²) in [5.74, 6) is -0.777. The Labute approximate surface area is 105 Å². The van der Waals surface area contributed by atoms with Gasteiger partial charge in [-0.05, 0) is 13.0 Å². The first kappa shape index (κ1) is 13.8. The van der Waals surface area contributed by atoms with Crippen LogP contribution in [0.15, 0.2) is 6.07 Å². The van der Waals surface area contributed by atoms with Crippen molar-refractivity contribution in [3.63, 3.8) is 0 Å². The van der Waals surface area contributed by atoms with Gasteiger partial charge in [-0.15, -0.1) is 0 Å². The molecule has 0 aromatic carbocycles. The van der Waals surface area contributed by atoms with Gasteiger partial charge in [0.05, 0.1) is 12.2 Å². The highest BCUT2D eigenvalue weighted by molar-refractivity contribution is 9.08. The number of anilines is 1. The Kier molecular flexibility index (Phi) is 4.80. The van der Waals surface area contributed by atoms with E-state index in [9.17, 15) is 13.6 Å². The fourth-order valence-corrected chi connectivity index (χ4v) is 1.84. The molecule has 1 rings (SSSR count). The Balaban J connectivity index is 3.28. The highest BCUT2D eigenvalue weighted by atomic mass is 79.9. The summed E-state index contributed by atoms with van der Waals surface area (Å²) in [4.78, 5) is 15.1. The summed E-state index contributed by atoms with van der Waals surface area (Å²) in [5, 5.41) is 0.240. The molecule has 94 valence electrons. The predicted octanol–water partition coefficient (Wildman–Crippen LogP) is 2.67. The van der Waals surface area contributed by atoms with E-state index in [1.165, 1.54) is 0 Å². The van der Waals surface area contributed by atoms with E-state index in [2.05, 4.69) is 20.9 Å². The van der Waals surface area contributed by atoms with Gasteiger partial charge in [0.15, 0.2) is 0 Å². The van der Waals surface area contributed by atoms with E-state index in [0.717, 1.165) is 6.07 Å². The lowest BCUT2D eigenvalue weighted by atomic mass is 10.1. The molecule has 0 aliphatic rings. The maximum atomic E-state index is 12.5. The van der Waals surface area contributed by atoms with Crippen LogP contribution in [-0.2, 0) is 10.1 Å². The van der Waals surface area contributed by atoms with Crippen LogP contribution in [0, 0.1) is 0 Å². The van der Waals surface area contributed by atoms with Crippen molar-refractivity contribution in [2.24, 2.45) is 0 Å². The summed E-state index contributed by atoms with van der Waals surface area (Å²) >= 11 is 3.12. The molecular formula is C10H11BrF2N2O2. The standard InChI is InChI=1S/C10H11BrF2N2O2/c1-2-17-10(16)5-3-7(8(12)13)15-9(14)6(5)4-11/h3,8H,2,4H2,1H3,(H2,14,15). The van der Waals surface area contributed by atoms with Crippen molar-refractivity contribution in [1.82, 2.24) is 4.98 Å². The van der Waals surface area contributed by atoms with Gasteiger partial charge in [0.1, 0.15) is 11.5 Å². The van der Waals surface area contributed by atoms with Crippen LogP contribution in [0.1, 0.15) is 35.0 Å². The number of esters is 1. The van der Waals surface area contributed by atoms with Crippen LogP contribution >= 0.6 is 15.9 Å². The normalized spacial score (nSPS) is 10.6. The van der Waals surface area contributed by atoms with Crippen LogP contribution in [0.3, 0.4) is 0 Å². The molecule has 0 bridgehead atoms. The SMILES string of the molecule is CCOC(=O)c1cc(C(F)F)nc(N)c1CBr. The Morgan fingerprint density at radius 3 is 2.76 bits per heavy atom. The van der Waals surface area contributed by atoms with E-state index >= 15 is 0 Å². The third-order valence-electron chi connectivity index (χ3n) is 2.03. The third-order valence-corrected chi connectivity index (χ3v) is 2.59. The first-order valence-corrected chi connectivity index (χ1v) is 5.93. The average Bonchev–Trinajstić information content (AvgIpc) is 2.28. The maximum absolute atomic E-state index is 12.5. The van der Waals surface area contributed by atoms with Crippen molar-refractivity contribution in [2.75, 3.05) is 12.3 Å². The second-order valence-electron chi connectivity index (χ2n) is 3.11. The van der Waals surface area contributed by atoms with Crippen LogP contribution in [-0.4, -0.2) is 17.6 Å². The first-order valence-electron chi connectivity index (χ1n) is 4.81. The van der Waals surface area contributed by atoms with Gasteiger partial charge < -0.3 is 10.5 Å². The average molecular weight is 309 g/mol. The van der Waals surface area contributed by atoms with Crippen molar-refractivity contribution in [3.8, 4) is 0 Å². The Morgan fingerprint density at radius 2 is 2.29 bits per heavy atom. The summed E-state index contributed by atoms with van der Waals surface area (Å²) in [5.41, 5.74) is 5.36. The number of halogens is 3. The second-order valence-corrected chi connectivity index (χ2v) is 3.67. The van der Waals surface area contributed by atoms with E-state index in [1.54, 1.807) is 6.92 Å². The molecule has 1 heterocycles. The molecule has 0 spiro atoms. The zero-order valence-electron chi connectivity index (χ0n) is 9.04. The molecule has 0 unspecified atom stereocenters. The van der Waals surface area contributed by atoms with Crippen LogP contribution < -0.4 is 5.73 Å². The predicted molar refractivity (Wildman–Crippen MR) is 62.2 cm³/mol. The van der Waals surface area contributed by atoms with Crippen molar-refractivity contribution >= 4 is 27.7 Å². The number of nitrogens with two attached hydrogens (primary N) is 1.